The molecular formula is C17H21NO4S2. The monoisotopic (exact) mass is 367 g/mol. The number of rotatable bonds is 5. The lowest BCUT2D eigenvalue weighted by atomic mass is 10.0. The van der Waals surface area contributed by atoms with Crippen LogP contribution in [0.25, 0.3) is 0 Å². The van der Waals surface area contributed by atoms with Gasteiger partial charge in [0, 0.05) is 18.2 Å². The van der Waals surface area contributed by atoms with Gasteiger partial charge in [-0.15, -0.1) is 0 Å². The van der Waals surface area contributed by atoms with E-state index in [1.165, 1.54) is 23.8 Å². The molecule has 7 heteroatoms. The summed E-state index contributed by atoms with van der Waals surface area (Å²) in [6.45, 7) is 4.18. The van der Waals surface area contributed by atoms with Crippen LogP contribution in [0, 0.1) is 0 Å². The van der Waals surface area contributed by atoms with Crippen LogP contribution in [0.5, 0.6) is 0 Å². The number of benzene rings is 2. The van der Waals surface area contributed by atoms with Crippen LogP contribution in [-0.2, 0) is 19.7 Å². The van der Waals surface area contributed by atoms with Crippen LogP contribution in [-0.4, -0.2) is 29.3 Å². The number of hydrogen-bond donors (Lipinski definition) is 1. The van der Waals surface area contributed by atoms with Gasteiger partial charge in [0.25, 0.3) is 0 Å². The van der Waals surface area contributed by atoms with E-state index in [1.54, 1.807) is 0 Å². The maximum absolute atomic E-state index is 12.0. The summed E-state index contributed by atoms with van der Waals surface area (Å²) in [6.07, 6.45) is 2.10. The molecule has 0 saturated heterocycles. The summed E-state index contributed by atoms with van der Waals surface area (Å²) in [6, 6.07) is 11.7. The highest BCUT2D eigenvalue weighted by molar-refractivity contribution is 7.91. The minimum atomic E-state index is -3.58. The maximum Gasteiger partial charge on any atom is 0.177 e. The predicted molar refractivity (Wildman–Crippen MR) is 96.5 cm³/mol. The van der Waals surface area contributed by atoms with E-state index in [2.05, 4.69) is 19.2 Å². The molecule has 0 bridgehead atoms. The molecule has 0 unspecified atom stereocenters. The second-order valence-corrected chi connectivity index (χ2v) is 10.1. The van der Waals surface area contributed by atoms with Crippen molar-refractivity contribution < 1.29 is 16.8 Å². The van der Waals surface area contributed by atoms with Crippen molar-refractivity contribution in [3.63, 3.8) is 0 Å². The molecule has 0 saturated carbocycles. The van der Waals surface area contributed by atoms with Gasteiger partial charge in [-0.1, -0.05) is 26.0 Å². The predicted octanol–water partition coefficient (Wildman–Crippen LogP) is 3.36. The molecule has 2 rings (SSSR count). The Morgan fingerprint density at radius 3 is 1.88 bits per heavy atom. The van der Waals surface area contributed by atoms with Crippen molar-refractivity contribution in [2.75, 3.05) is 17.8 Å². The molecule has 0 fully saturated rings. The van der Waals surface area contributed by atoms with Crippen molar-refractivity contribution in [3.05, 3.63) is 48.0 Å². The van der Waals surface area contributed by atoms with Gasteiger partial charge in [-0.2, -0.15) is 0 Å². The van der Waals surface area contributed by atoms with Gasteiger partial charge in [0.1, 0.15) is 0 Å². The van der Waals surface area contributed by atoms with Crippen molar-refractivity contribution >= 4 is 31.0 Å². The second-order valence-electron chi connectivity index (χ2n) is 6.10. The Morgan fingerprint density at radius 1 is 0.833 bits per heavy atom. The summed E-state index contributed by atoms with van der Waals surface area (Å²) in [5.41, 5.74) is 2.26. The summed E-state index contributed by atoms with van der Waals surface area (Å²) in [7, 11) is -7.07. The molecule has 1 N–H and O–H groups in total. The van der Waals surface area contributed by atoms with E-state index in [-0.39, 0.29) is 9.79 Å². The smallest absolute Gasteiger partial charge is 0.177 e. The Morgan fingerprint density at radius 2 is 1.42 bits per heavy atom. The number of sulfone groups is 2. The fraction of sp³-hybridized carbons (Fsp3) is 0.294. The van der Waals surface area contributed by atoms with E-state index in [0.717, 1.165) is 18.2 Å². The first-order chi connectivity index (χ1) is 11.0. The van der Waals surface area contributed by atoms with Crippen LogP contribution in [0.3, 0.4) is 0 Å². The van der Waals surface area contributed by atoms with Gasteiger partial charge in [0.15, 0.2) is 19.7 Å². The van der Waals surface area contributed by atoms with E-state index in [4.69, 9.17) is 0 Å². The highest BCUT2D eigenvalue weighted by atomic mass is 32.2. The Balaban J connectivity index is 2.46. The van der Waals surface area contributed by atoms with Gasteiger partial charge in [0.2, 0.25) is 0 Å². The van der Waals surface area contributed by atoms with E-state index in [0.29, 0.717) is 11.6 Å². The first kappa shape index (κ1) is 18.5. The van der Waals surface area contributed by atoms with Crippen LogP contribution < -0.4 is 5.32 Å². The molecule has 0 spiro atoms. The fourth-order valence-electron chi connectivity index (χ4n) is 2.25. The largest absolute Gasteiger partial charge is 0.354 e. The standard InChI is InChI=1S/C17H21NO4S2/c1-12(2)13-5-7-14(8-6-13)18-16-10-9-15(23(3,19)20)11-17(16)24(4,21)22/h5-12,18H,1-4H3. The molecule has 0 aliphatic heterocycles. The molecule has 0 aromatic heterocycles. The van der Waals surface area contributed by atoms with Gasteiger partial charge in [-0.25, -0.2) is 16.8 Å². The molecular weight excluding hydrogens is 346 g/mol. The highest BCUT2D eigenvalue weighted by Crippen LogP contribution is 2.28. The molecule has 24 heavy (non-hydrogen) atoms. The zero-order valence-corrected chi connectivity index (χ0v) is 15.7. The highest BCUT2D eigenvalue weighted by Gasteiger charge is 2.18. The number of anilines is 2. The van der Waals surface area contributed by atoms with Crippen molar-refractivity contribution in [2.45, 2.75) is 29.6 Å². The molecule has 130 valence electrons. The van der Waals surface area contributed by atoms with Crippen LogP contribution >= 0.6 is 0 Å². The third-order valence-corrected chi connectivity index (χ3v) is 5.88. The lowest BCUT2D eigenvalue weighted by Gasteiger charge is -2.13. The SMILES string of the molecule is CC(C)c1ccc(Nc2ccc(S(C)(=O)=O)cc2S(C)(=O)=O)cc1. The fourth-order valence-corrected chi connectivity index (χ4v) is 3.83. The van der Waals surface area contributed by atoms with Crippen LogP contribution in [0.15, 0.2) is 52.3 Å². The van der Waals surface area contributed by atoms with Gasteiger partial charge in [0.05, 0.1) is 15.5 Å². The maximum atomic E-state index is 12.0. The Hall–Kier alpha value is -1.86. The summed E-state index contributed by atoms with van der Waals surface area (Å²) in [5.74, 6) is 0.402. The van der Waals surface area contributed by atoms with Crippen molar-refractivity contribution in [1.82, 2.24) is 0 Å². The summed E-state index contributed by atoms with van der Waals surface area (Å²) < 4.78 is 47.4. The molecule has 2 aromatic carbocycles. The zero-order chi connectivity index (χ0) is 18.1. The first-order valence-electron chi connectivity index (χ1n) is 7.39. The molecule has 5 nitrogen and oxygen atoms in total. The third-order valence-electron chi connectivity index (χ3n) is 3.64. The van der Waals surface area contributed by atoms with Crippen molar-refractivity contribution in [3.8, 4) is 0 Å². The van der Waals surface area contributed by atoms with Crippen LogP contribution in [0.4, 0.5) is 11.4 Å². The Labute approximate surface area is 143 Å². The quantitative estimate of drug-likeness (QED) is 0.876. The van der Waals surface area contributed by atoms with Crippen molar-refractivity contribution in [2.24, 2.45) is 0 Å². The lowest BCUT2D eigenvalue weighted by molar-refractivity contribution is 0.600. The van der Waals surface area contributed by atoms with Gasteiger partial charge in [-0.3, -0.25) is 0 Å². The normalized spacial score (nSPS) is 12.4. The van der Waals surface area contributed by atoms with Crippen molar-refractivity contribution in [1.29, 1.82) is 0 Å². The molecule has 0 atom stereocenters. The Kier molecular flexibility index (Phi) is 5.05. The lowest BCUT2D eigenvalue weighted by Crippen LogP contribution is -2.06. The second kappa shape index (κ2) is 6.57. The first-order valence-corrected chi connectivity index (χ1v) is 11.2. The van der Waals surface area contributed by atoms with Crippen LogP contribution in [0.1, 0.15) is 25.3 Å². The van der Waals surface area contributed by atoms with E-state index in [1.807, 2.05) is 24.3 Å². The molecule has 0 aliphatic carbocycles. The number of hydrogen-bond acceptors (Lipinski definition) is 5. The number of nitrogens with one attached hydrogen (secondary N) is 1. The van der Waals surface area contributed by atoms with Gasteiger partial charge in [-0.05, 0) is 41.8 Å². The topological polar surface area (TPSA) is 80.3 Å². The van der Waals surface area contributed by atoms with E-state index >= 15 is 0 Å². The molecule has 0 aliphatic rings. The van der Waals surface area contributed by atoms with Gasteiger partial charge < -0.3 is 5.32 Å². The van der Waals surface area contributed by atoms with Crippen LogP contribution in [0.2, 0.25) is 0 Å². The van der Waals surface area contributed by atoms with E-state index in [9.17, 15) is 16.8 Å². The average molecular weight is 367 g/mol. The molecule has 0 amide bonds. The van der Waals surface area contributed by atoms with Gasteiger partial charge >= 0.3 is 0 Å². The van der Waals surface area contributed by atoms with E-state index < -0.39 is 19.7 Å². The zero-order valence-electron chi connectivity index (χ0n) is 14.1. The molecule has 2 aromatic rings. The summed E-state index contributed by atoms with van der Waals surface area (Å²) in [5, 5.41) is 3.05. The third kappa shape index (κ3) is 4.36. The minimum absolute atomic E-state index is 0.0244. The minimum Gasteiger partial charge on any atom is -0.354 e. The summed E-state index contributed by atoms with van der Waals surface area (Å²) >= 11 is 0. The summed E-state index contributed by atoms with van der Waals surface area (Å²) in [4.78, 5) is -0.0676. The molecule has 0 radical (unpaired) electrons. The molecule has 0 heterocycles. The average Bonchev–Trinajstić information content (AvgIpc) is 2.46. The Bertz CT molecular complexity index is 945.